The van der Waals surface area contributed by atoms with Gasteiger partial charge in [-0.15, -0.1) is 0 Å². The molecule has 0 saturated carbocycles. The van der Waals surface area contributed by atoms with Crippen LogP contribution < -0.4 is 5.32 Å². The molecule has 0 unspecified atom stereocenters. The molecule has 1 N–H and O–H groups in total. The van der Waals surface area contributed by atoms with Crippen LogP contribution in [0.2, 0.25) is 0 Å². The van der Waals surface area contributed by atoms with E-state index in [1.807, 2.05) is 5.32 Å². The van der Waals surface area contributed by atoms with Crippen LogP contribution in [-0.4, -0.2) is 10.9 Å². The molecule has 0 saturated heterocycles. The Morgan fingerprint density at radius 3 is 1.95 bits per heavy atom. The predicted molar refractivity (Wildman–Crippen MR) is 63.2 cm³/mol. The fraction of sp³-hybridized carbons (Fsp3) is 0.0769. The smallest absolute Gasteiger partial charge is 0.263 e. The number of hydrogen-bond donors (Lipinski definition) is 1. The van der Waals surface area contributed by atoms with E-state index in [4.69, 9.17) is 0 Å². The van der Waals surface area contributed by atoms with Crippen LogP contribution in [0, 0.1) is 36.0 Å². The monoisotopic (exact) mass is 302 g/mol. The van der Waals surface area contributed by atoms with Crippen LogP contribution >= 0.6 is 0 Å². The van der Waals surface area contributed by atoms with Gasteiger partial charge in [-0.25, -0.2) is 26.9 Å². The third-order valence-electron chi connectivity index (χ3n) is 2.59. The minimum atomic E-state index is -2.32. The molecule has 21 heavy (non-hydrogen) atoms. The molecule has 0 bridgehead atoms. The number of carbonyl (C=O) groups is 1. The van der Waals surface area contributed by atoms with Crippen LogP contribution in [0.4, 0.5) is 27.8 Å². The van der Waals surface area contributed by atoms with E-state index >= 15 is 0 Å². The maximum absolute atomic E-state index is 13.4. The van der Waals surface area contributed by atoms with Crippen LogP contribution in [0.25, 0.3) is 0 Å². The molecule has 0 aliphatic carbocycles. The van der Waals surface area contributed by atoms with E-state index in [1.165, 1.54) is 12.3 Å². The quantitative estimate of drug-likeness (QED) is 0.525. The van der Waals surface area contributed by atoms with E-state index in [2.05, 4.69) is 4.98 Å². The Morgan fingerprint density at radius 2 is 1.48 bits per heavy atom. The average molecular weight is 302 g/mol. The summed E-state index contributed by atoms with van der Waals surface area (Å²) in [5.74, 6) is -12.7. The van der Waals surface area contributed by atoms with Gasteiger partial charge in [-0.2, -0.15) is 0 Å². The number of nitrogens with one attached hydrogen (secondary N) is 1. The zero-order valence-corrected chi connectivity index (χ0v) is 10.5. The molecular weight excluding hydrogens is 295 g/mol. The van der Waals surface area contributed by atoms with Gasteiger partial charge in [0.05, 0.1) is 0 Å². The second-order valence-corrected chi connectivity index (χ2v) is 4.12. The zero-order chi connectivity index (χ0) is 15.7. The molecule has 110 valence electrons. The molecule has 0 fully saturated rings. The van der Waals surface area contributed by atoms with Gasteiger partial charge < -0.3 is 5.32 Å². The lowest BCUT2D eigenvalue weighted by atomic mass is 10.1. The number of aromatic nitrogens is 1. The number of hydrogen-bond acceptors (Lipinski definition) is 2. The Kier molecular flexibility index (Phi) is 3.88. The van der Waals surface area contributed by atoms with E-state index in [-0.39, 0.29) is 5.82 Å². The topological polar surface area (TPSA) is 42.0 Å². The fourth-order valence-corrected chi connectivity index (χ4v) is 1.52. The van der Waals surface area contributed by atoms with Crippen LogP contribution in [-0.2, 0) is 0 Å². The molecule has 1 amide bonds. The molecule has 2 aromatic rings. The van der Waals surface area contributed by atoms with Crippen LogP contribution in [0.1, 0.15) is 15.9 Å². The molecule has 0 aliphatic heterocycles. The van der Waals surface area contributed by atoms with Gasteiger partial charge in [0.15, 0.2) is 23.3 Å². The highest BCUT2D eigenvalue weighted by Crippen LogP contribution is 2.23. The maximum atomic E-state index is 13.4. The SMILES string of the molecule is Cc1ccc(NC(=O)c2c(F)c(F)c(F)c(F)c2F)nc1. The number of pyridine rings is 1. The van der Waals surface area contributed by atoms with Crippen molar-refractivity contribution < 1.29 is 26.7 Å². The lowest BCUT2D eigenvalue weighted by molar-refractivity contribution is 0.101. The summed E-state index contributed by atoms with van der Waals surface area (Å²) < 4.78 is 65.7. The third kappa shape index (κ3) is 2.69. The van der Waals surface area contributed by atoms with Crippen molar-refractivity contribution in [2.24, 2.45) is 0 Å². The van der Waals surface area contributed by atoms with Gasteiger partial charge >= 0.3 is 0 Å². The van der Waals surface area contributed by atoms with Crippen molar-refractivity contribution >= 4 is 11.7 Å². The number of rotatable bonds is 2. The van der Waals surface area contributed by atoms with Crippen molar-refractivity contribution in [1.29, 1.82) is 0 Å². The van der Waals surface area contributed by atoms with Gasteiger partial charge in [-0.3, -0.25) is 4.79 Å². The van der Waals surface area contributed by atoms with Crippen molar-refractivity contribution in [3.8, 4) is 0 Å². The Balaban J connectivity index is 2.42. The standard InChI is InChI=1S/C13H7F5N2O/c1-5-2-3-6(19-4-5)20-13(21)7-8(14)10(16)12(18)11(17)9(7)15/h2-4H,1H3,(H,19,20,21). The zero-order valence-electron chi connectivity index (χ0n) is 10.5. The summed E-state index contributed by atoms with van der Waals surface area (Å²) in [5.41, 5.74) is -0.807. The summed E-state index contributed by atoms with van der Waals surface area (Å²) >= 11 is 0. The van der Waals surface area contributed by atoms with Gasteiger partial charge in [-0.1, -0.05) is 6.07 Å². The minimum Gasteiger partial charge on any atom is -0.306 e. The Bertz CT molecular complexity index is 686. The number of aryl methyl sites for hydroxylation is 1. The van der Waals surface area contributed by atoms with Gasteiger partial charge in [0.1, 0.15) is 11.4 Å². The highest BCUT2D eigenvalue weighted by Gasteiger charge is 2.29. The summed E-state index contributed by atoms with van der Waals surface area (Å²) in [6, 6.07) is 2.86. The Hall–Kier alpha value is -2.51. The molecule has 0 spiro atoms. The van der Waals surface area contributed by atoms with E-state index in [0.29, 0.717) is 0 Å². The van der Waals surface area contributed by atoms with Gasteiger partial charge in [0.25, 0.3) is 5.91 Å². The minimum absolute atomic E-state index is 0.0884. The molecular formula is C13H7F5N2O. The summed E-state index contributed by atoms with van der Waals surface area (Å²) in [5, 5.41) is 1.96. The van der Waals surface area contributed by atoms with Gasteiger partial charge in [-0.05, 0) is 18.6 Å². The van der Waals surface area contributed by atoms with Crippen molar-refractivity contribution in [1.82, 2.24) is 4.98 Å². The van der Waals surface area contributed by atoms with Crippen LogP contribution in [0.15, 0.2) is 18.3 Å². The number of nitrogens with zero attached hydrogens (tertiary/aromatic N) is 1. The first-order valence-corrected chi connectivity index (χ1v) is 5.58. The first-order chi connectivity index (χ1) is 9.82. The van der Waals surface area contributed by atoms with Crippen molar-refractivity contribution in [3.63, 3.8) is 0 Å². The van der Waals surface area contributed by atoms with Crippen LogP contribution in [0.3, 0.4) is 0 Å². The predicted octanol–water partition coefficient (Wildman–Crippen LogP) is 3.34. The normalized spacial score (nSPS) is 10.6. The largest absolute Gasteiger partial charge is 0.306 e. The van der Waals surface area contributed by atoms with Crippen LogP contribution in [0.5, 0.6) is 0 Å². The first-order valence-electron chi connectivity index (χ1n) is 5.58. The molecule has 2 rings (SSSR count). The van der Waals surface area contributed by atoms with Crippen molar-refractivity contribution in [2.75, 3.05) is 5.32 Å². The third-order valence-corrected chi connectivity index (χ3v) is 2.59. The molecule has 1 heterocycles. The molecule has 0 aliphatic rings. The number of anilines is 1. The highest BCUT2D eigenvalue weighted by molar-refractivity contribution is 6.04. The average Bonchev–Trinajstić information content (AvgIpc) is 2.46. The van der Waals surface area contributed by atoms with E-state index in [0.717, 1.165) is 5.56 Å². The molecule has 1 aromatic carbocycles. The molecule has 3 nitrogen and oxygen atoms in total. The molecule has 0 atom stereocenters. The maximum Gasteiger partial charge on any atom is 0.263 e. The number of halogens is 5. The molecule has 8 heteroatoms. The van der Waals surface area contributed by atoms with E-state index in [1.54, 1.807) is 13.0 Å². The summed E-state index contributed by atoms with van der Waals surface area (Å²) in [4.78, 5) is 15.4. The second kappa shape index (κ2) is 5.47. The number of carbonyl (C=O) groups excluding carboxylic acids is 1. The number of amides is 1. The first kappa shape index (κ1) is 14.9. The number of benzene rings is 1. The molecule has 0 radical (unpaired) electrons. The summed E-state index contributed by atoms with van der Waals surface area (Å²) in [6.45, 7) is 1.71. The second-order valence-electron chi connectivity index (χ2n) is 4.12. The fourth-order valence-electron chi connectivity index (χ4n) is 1.52. The lowest BCUT2D eigenvalue weighted by Gasteiger charge is -2.08. The van der Waals surface area contributed by atoms with E-state index < -0.39 is 40.6 Å². The Morgan fingerprint density at radius 1 is 0.952 bits per heavy atom. The summed E-state index contributed by atoms with van der Waals surface area (Å²) in [7, 11) is 0. The van der Waals surface area contributed by atoms with Gasteiger partial charge in [0.2, 0.25) is 5.82 Å². The Labute approximate surface area is 115 Å². The lowest BCUT2D eigenvalue weighted by Crippen LogP contribution is -2.19. The highest BCUT2D eigenvalue weighted by atomic mass is 19.2. The van der Waals surface area contributed by atoms with E-state index in [9.17, 15) is 26.7 Å². The molecule has 1 aromatic heterocycles. The van der Waals surface area contributed by atoms with Crippen molar-refractivity contribution in [2.45, 2.75) is 6.92 Å². The van der Waals surface area contributed by atoms with Gasteiger partial charge in [0, 0.05) is 6.20 Å². The summed E-state index contributed by atoms with van der Waals surface area (Å²) in [6.07, 6.45) is 1.36. The van der Waals surface area contributed by atoms with Crippen molar-refractivity contribution in [3.05, 3.63) is 58.5 Å².